The van der Waals surface area contributed by atoms with Crippen LogP contribution in [0.3, 0.4) is 0 Å². The molecular weight excluding hydrogens is 221 g/mol. The van der Waals surface area contributed by atoms with Gasteiger partial charge in [-0.25, -0.2) is 0 Å². The molecule has 0 spiro atoms. The topological polar surface area (TPSA) is 41.1 Å². The van der Waals surface area contributed by atoms with Gasteiger partial charge in [0.25, 0.3) is 0 Å². The van der Waals surface area contributed by atoms with Crippen LogP contribution in [-0.4, -0.2) is 31.7 Å². The lowest BCUT2D eigenvalue weighted by Gasteiger charge is -2.28. The van der Waals surface area contributed by atoms with Crippen LogP contribution >= 0.6 is 0 Å². The maximum atomic E-state index is 12.6. The van der Waals surface area contributed by atoms with Gasteiger partial charge in [0.2, 0.25) is 5.91 Å². The van der Waals surface area contributed by atoms with Crippen LogP contribution in [0, 0.1) is 5.41 Å². The number of nitrogens with one attached hydrogen (secondary N) is 2. The molecule has 0 bridgehead atoms. The second-order valence-corrected chi connectivity index (χ2v) is 4.96. The van der Waals surface area contributed by atoms with Crippen molar-refractivity contribution >= 4 is 5.91 Å². The zero-order valence-electron chi connectivity index (χ0n) is 10.0. The molecule has 0 aromatic carbocycles. The van der Waals surface area contributed by atoms with Crippen molar-refractivity contribution in [3.63, 3.8) is 0 Å². The molecular formula is C10H19F3N2O. The average molecular weight is 240 g/mol. The third-order valence-corrected chi connectivity index (χ3v) is 1.88. The molecule has 0 heterocycles. The van der Waals surface area contributed by atoms with Crippen molar-refractivity contribution in [2.45, 2.75) is 39.4 Å². The van der Waals surface area contributed by atoms with Crippen molar-refractivity contribution in [3.8, 4) is 0 Å². The molecule has 1 unspecified atom stereocenters. The number of hydrogen-bond donors (Lipinski definition) is 2. The monoisotopic (exact) mass is 240 g/mol. The largest absolute Gasteiger partial charge is 0.408 e. The van der Waals surface area contributed by atoms with Crippen molar-refractivity contribution < 1.29 is 18.0 Å². The first-order chi connectivity index (χ1) is 7.06. The van der Waals surface area contributed by atoms with E-state index in [1.165, 1.54) is 7.05 Å². The molecule has 0 saturated heterocycles. The van der Waals surface area contributed by atoms with E-state index in [1.54, 1.807) is 20.8 Å². The molecule has 0 aliphatic carbocycles. The molecule has 0 aliphatic rings. The summed E-state index contributed by atoms with van der Waals surface area (Å²) in [5, 5.41) is 4.50. The molecule has 3 nitrogen and oxygen atoms in total. The van der Waals surface area contributed by atoms with Crippen LogP contribution in [0.4, 0.5) is 13.2 Å². The lowest BCUT2D eigenvalue weighted by Crippen LogP contribution is -2.49. The van der Waals surface area contributed by atoms with E-state index in [1.807, 2.05) is 5.32 Å². The Morgan fingerprint density at radius 1 is 1.25 bits per heavy atom. The predicted molar refractivity (Wildman–Crippen MR) is 56.0 cm³/mol. The van der Waals surface area contributed by atoms with Gasteiger partial charge in [-0.05, 0) is 18.9 Å². The molecule has 96 valence electrons. The van der Waals surface area contributed by atoms with Crippen molar-refractivity contribution in [2.24, 2.45) is 5.41 Å². The van der Waals surface area contributed by atoms with Gasteiger partial charge in [0.1, 0.15) is 6.04 Å². The highest BCUT2D eigenvalue weighted by atomic mass is 19.4. The number of rotatable bonds is 4. The molecule has 0 aromatic heterocycles. The highest BCUT2D eigenvalue weighted by Gasteiger charge is 2.42. The van der Waals surface area contributed by atoms with Crippen molar-refractivity contribution in [1.82, 2.24) is 10.6 Å². The highest BCUT2D eigenvalue weighted by Crippen LogP contribution is 2.30. The fraction of sp³-hybridized carbons (Fsp3) is 0.900. The van der Waals surface area contributed by atoms with Crippen LogP contribution in [0.2, 0.25) is 0 Å². The molecule has 2 N–H and O–H groups in total. The molecule has 0 aromatic rings. The van der Waals surface area contributed by atoms with Gasteiger partial charge in [-0.2, -0.15) is 13.2 Å². The van der Waals surface area contributed by atoms with E-state index >= 15 is 0 Å². The van der Waals surface area contributed by atoms with Gasteiger partial charge >= 0.3 is 6.18 Å². The number of carbonyl (C=O) groups excluding carboxylic acids is 1. The maximum absolute atomic E-state index is 12.6. The number of carbonyl (C=O) groups is 1. The van der Waals surface area contributed by atoms with Gasteiger partial charge in [0, 0.05) is 0 Å². The minimum absolute atomic E-state index is 0.114. The number of halogens is 3. The van der Waals surface area contributed by atoms with Crippen LogP contribution in [0.25, 0.3) is 0 Å². The summed E-state index contributed by atoms with van der Waals surface area (Å²) in [6.07, 6.45) is -4.54. The Labute approximate surface area is 93.8 Å². The summed E-state index contributed by atoms with van der Waals surface area (Å²) >= 11 is 0. The van der Waals surface area contributed by atoms with Crippen LogP contribution in [-0.2, 0) is 4.79 Å². The zero-order chi connectivity index (χ0) is 13.0. The Kier molecular flexibility index (Phi) is 5.25. The molecule has 1 atom stereocenters. The first kappa shape index (κ1) is 15.2. The van der Waals surface area contributed by atoms with Gasteiger partial charge in [0.15, 0.2) is 0 Å². The second kappa shape index (κ2) is 5.52. The summed E-state index contributed by atoms with van der Waals surface area (Å²) in [5.41, 5.74) is -0.493. The molecule has 0 radical (unpaired) electrons. The number of amides is 1. The summed E-state index contributed by atoms with van der Waals surface area (Å²) in [6, 6.07) is -1.78. The summed E-state index contributed by atoms with van der Waals surface area (Å²) in [7, 11) is 1.51. The first-order valence-corrected chi connectivity index (χ1v) is 5.07. The van der Waals surface area contributed by atoms with Gasteiger partial charge in [-0.1, -0.05) is 20.8 Å². The Hall–Kier alpha value is -0.780. The third kappa shape index (κ3) is 6.66. The van der Waals surface area contributed by atoms with Crippen molar-refractivity contribution in [1.29, 1.82) is 0 Å². The van der Waals surface area contributed by atoms with Crippen molar-refractivity contribution in [2.75, 3.05) is 13.6 Å². The number of likely N-dealkylation sites (N-methyl/N-ethyl adjacent to an activating group) is 1. The predicted octanol–water partition coefficient (Wildman–Crippen LogP) is 1.69. The zero-order valence-corrected chi connectivity index (χ0v) is 10.0. The number of alkyl halides is 3. The lowest BCUT2D eigenvalue weighted by atomic mass is 9.88. The fourth-order valence-electron chi connectivity index (χ4n) is 1.27. The van der Waals surface area contributed by atoms with Gasteiger partial charge in [-0.3, -0.25) is 4.79 Å². The van der Waals surface area contributed by atoms with E-state index in [4.69, 9.17) is 0 Å². The summed E-state index contributed by atoms with van der Waals surface area (Å²) in [5.74, 6) is -0.644. The maximum Gasteiger partial charge on any atom is 0.408 e. The average Bonchev–Trinajstić information content (AvgIpc) is 1.98. The van der Waals surface area contributed by atoms with Crippen LogP contribution in [0.5, 0.6) is 0 Å². The first-order valence-electron chi connectivity index (χ1n) is 5.07. The standard InChI is InChI=1S/C10H19F3N2O/c1-9(2,3)5-7(10(11,12)13)15-8(16)6-14-4/h7,14H,5-6H2,1-4H3,(H,15,16). The highest BCUT2D eigenvalue weighted by molar-refractivity contribution is 5.78. The lowest BCUT2D eigenvalue weighted by molar-refractivity contribution is -0.166. The Balaban J connectivity index is 4.52. The molecule has 0 rings (SSSR count). The van der Waals surface area contributed by atoms with E-state index in [9.17, 15) is 18.0 Å². The SMILES string of the molecule is CNCC(=O)NC(CC(C)(C)C)C(F)(F)F. The van der Waals surface area contributed by atoms with E-state index < -0.39 is 23.5 Å². The summed E-state index contributed by atoms with van der Waals surface area (Å²) in [4.78, 5) is 11.1. The van der Waals surface area contributed by atoms with Crippen LogP contribution in [0.15, 0.2) is 0 Å². The molecule has 0 fully saturated rings. The molecule has 0 saturated carbocycles. The smallest absolute Gasteiger partial charge is 0.343 e. The van der Waals surface area contributed by atoms with Gasteiger partial charge < -0.3 is 10.6 Å². The van der Waals surface area contributed by atoms with E-state index in [2.05, 4.69) is 5.32 Å². The van der Waals surface area contributed by atoms with Crippen LogP contribution < -0.4 is 10.6 Å². The van der Waals surface area contributed by atoms with E-state index in [0.29, 0.717) is 0 Å². The fourth-order valence-corrected chi connectivity index (χ4v) is 1.27. The van der Waals surface area contributed by atoms with Gasteiger partial charge in [0.05, 0.1) is 6.54 Å². The molecule has 0 aliphatic heterocycles. The third-order valence-electron chi connectivity index (χ3n) is 1.88. The van der Waals surface area contributed by atoms with E-state index in [-0.39, 0.29) is 13.0 Å². The summed E-state index contributed by atoms with van der Waals surface area (Å²) < 4.78 is 37.8. The normalized spacial score (nSPS) is 14.7. The Morgan fingerprint density at radius 2 is 1.75 bits per heavy atom. The molecule has 6 heteroatoms. The second-order valence-electron chi connectivity index (χ2n) is 4.96. The molecule has 16 heavy (non-hydrogen) atoms. The number of hydrogen-bond acceptors (Lipinski definition) is 2. The van der Waals surface area contributed by atoms with E-state index in [0.717, 1.165) is 0 Å². The summed E-state index contributed by atoms with van der Waals surface area (Å²) in [6.45, 7) is 5.00. The van der Waals surface area contributed by atoms with Gasteiger partial charge in [-0.15, -0.1) is 0 Å². The minimum Gasteiger partial charge on any atom is -0.343 e. The van der Waals surface area contributed by atoms with Crippen molar-refractivity contribution in [3.05, 3.63) is 0 Å². The van der Waals surface area contributed by atoms with Crippen LogP contribution in [0.1, 0.15) is 27.2 Å². The Bertz CT molecular complexity index is 233. The quantitative estimate of drug-likeness (QED) is 0.785. The Morgan fingerprint density at radius 3 is 2.06 bits per heavy atom. The molecule has 1 amide bonds. The minimum atomic E-state index is -4.41.